The number of phenolic OH excluding ortho intramolecular Hbond substituents is 1. The van der Waals surface area contributed by atoms with E-state index in [0.717, 1.165) is 23.3 Å². The smallest absolute Gasteiger partial charge is 0.416 e. The van der Waals surface area contributed by atoms with E-state index in [9.17, 15) is 18.3 Å². The van der Waals surface area contributed by atoms with Crippen LogP contribution < -0.4 is 5.32 Å². The van der Waals surface area contributed by atoms with Crippen molar-refractivity contribution in [1.29, 1.82) is 0 Å². The molecule has 0 aromatic heterocycles. The molecule has 2 N–H and O–H groups in total. The van der Waals surface area contributed by atoms with Crippen molar-refractivity contribution in [3.05, 3.63) is 64.7 Å². The Labute approximate surface area is 121 Å². The second-order valence-electron chi connectivity index (χ2n) is 4.93. The molecule has 0 aliphatic rings. The maximum absolute atomic E-state index is 12.6. The third kappa shape index (κ3) is 4.23. The summed E-state index contributed by atoms with van der Waals surface area (Å²) in [6.07, 6.45) is -4.33. The molecular weight excluding hydrogens is 279 g/mol. The summed E-state index contributed by atoms with van der Waals surface area (Å²) in [5.41, 5.74) is 1.64. The number of phenols is 1. The summed E-state index contributed by atoms with van der Waals surface area (Å²) in [5.74, 6) is 0.178. The van der Waals surface area contributed by atoms with E-state index in [-0.39, 0.29) is 5.75 Å². The molecule has 0 spiro atoms. The van der Waals surface area contributed by atoms with Gasteiger partial charge in [-0.1, -0.05) is 35.9 Å². The van der Waals surface area contributed by atoms with Gasteiger partial charge in [-0.2, -0.15) is 13.2 Å². The van der Waals surface area contributed by atoms with Crippen molar-refractivity contribution in [2.75, 3.05) is 0 Å². The van der Waals surface area contributed by atoms with Gasteiger partial charge in [-0.15, -0.1) is 0 Å². The van der Waals surface area contributed by atoms with Gasteiger partial charge in [0.15, 0.2) is 0 Å². The number of halogens is 3. The van der Waals surface area contributed by atoms with Crippen molar-refractivity contribution in [1.82, 2.24) is 5.32 Å². The first-order chi connectivity index (χ1) is 9.86. The number of benzene rings is 2. The van der Waals surface area contributed by atoms with Gasteiger partial charge < -0.3 is 10.4 Å². The van der Waals surface area contributed by atoms with Crippen molar-refractivity contribution in [2.24, 2.45) is 0 Å². The van der Waals surface area contributed by atoms with Gasteiger partial charge in [0.1, 0.15) is 5.75 Å². The summed E-state index contributed by atoms with van der Waals surface area (Å²) < 4.78 is 37.8. The van der Waals surface area contributed by atoms with E-state index in [1.165, 1.54) is 6.07 Å². The molecule has 0 saturated carbocycles. The van der Waals surface area contributed by atoms with Gasteiger partial charge >= 0.3 is 6.18 Å². The van der Waals surface area contributed by atoms with Gasteiger partial charge in [0.05, 0.1) is 5.56 Å². The van der Waals surface area contributed by atoms with Crippen LogP contribution in [0.5, 0.6) is 5.75 Å². The van der Waals surface area contributed by atoms with E-state index in [1.807, 2.05) is 13.0 Å². The number of aryl methyl sites for hydroxylation is 1. The van der Waals surface area contributed by atoms with Crippen molar-refractivity contribution in [3.63, 3.8) is 0 Å². The second-order valence-corrected chi connectivity index (χ2v) is 4.93. The normalized spacial score (nSPS) is 11.6. The molecule has 0 saturated heterocycles. The van der Waals surface area contributed by atoms with Gasteiger partial charge in [0, 0.05) is 18.7 Å². The molecule has 2 rings (SSSR count). The molecule has 5 heteroatoms. The minimum Gasteiger partial charge on any atom is -0.508 e. The van der Waals surface area contributed by atoms with Gasteiger partial charge in [0.25, 0.3) is 0 Å². The molecule has 0 aliphatic carbocycles. The summed E-state index contributed by atoms with van der Waals surface area (Å²) in [7, 11) is 0. The molecule has 0 unspecified atom stereocenters. The van der Waals surface area contributed by atoms with E-state index in [0.29, 0.717) is 18.7 Å². The number of aromatic hydroxyl groups is 1. The fourth-order valence-corrected chi connectivity index (χ4v) is 2.06. The van der Waals surface area contributed by atoms with Gasteiger partial charge in [-0.3, -0.25) is 0 Å². The molecule has 0 heterocycles. The summed E-state index contributed by atoms with van der Waals surface area (Å²) in [6, 6.07) is 10.5. The molecule has 112 valence electrons. The number of nitrogens with one attached hydrogen (secondary N) is 1. The largest absolute Gasteiger partial charge is 0.508 e. The topological polar surface area (TPSA) is 32.3 Å². The van der Waals surface area contributed by atoms with Crippen LogP contribution >= 0.6 is 0 Å². The lowest BCUT2D eigenvalue weighted by Crippen LogP contribution is -2.14. The van der Waals surface area contributed by atoms with Crippen LogP contribution in [0, 0.1) is 6.92 Å². The molecule has 0 aliphatic heterocycles. The van der Waals surface area contributed by atoms with Crippen LogP contribution in [0.4, 0.5) is 13.2 Å². The van der Waals surface area contributed by atoms with Gasteiger partial charge in [-0.05, 0) is 24.6 Å². The van der Waals surface area contributed by atoms with E-state index in [4.69, 9.17) is 0 Å². The molecule has 0 radical (unpaired) electrons. The lowest BCUT2D eigenvalue weighted by molar-refractivity contribution is -0.137. The Morgan fingerprint density at radius 2 is 1.81 bits per heavy atom. The van der Waals surface area contributed by atoms with E-state index >= 15 is 0 Å². The molecule has 2 aromatic rings. The zero-order valence-corrected chi connectivity index (χ0v) is 11.5. The van der Waals surface area contributed by atoms with Crippen LogP contribution in [0.2, 0.25) is 0 Å². The predicted octanol–water partition coefficient (Wildman–Crippen LogP) is 4.01. The summed E-state index contributed by atoms with van der Waals surface area (Å²) in [6.45, 7) is 2.61. The first kappa shape index (κ1) is 15.4. The molecule has 0 amide bonds. The second kappa shape index (κ2) is 6.18. The van der Waals surface area contributed by atoms with E-state index in [2.05, 4.69) is 5.32 Å². The standard InChI is InChI=1S/C16H16F3NO/c1-11-5-6-15(21)13(7-11)10-20-9-12-3-2-4-14(8-12)16(17,18)19/h2-8,20-21H,9-10H2,1H3. The molecule has 0 bridgehead atoms. The maximum atomic E-state index is 12.6. The van der Waals surface area contributed by atoms with Crippen LogP contribution in [0.3, 0.4) is 0 Å². The highest BCUT2D eigenvalue weighted by molar-refractivity contribution is 5.35. The highest BCUT2D eigenvalue weighted by Gasteiger charge is 2.30. The Morgan fingerprint density at radius 3 is 2.52 bits per heavy atom. The SMILES string of the molecule is Cc1ccc(O)c(CNCc2cccc(C(F)(F)F)c2)c1. The Morgan fingerprint density at radius 1 is 1.05 bits per heavy atom. The number of hydrogen-bond acceptors (Lipinski definition) is 2. The average molecular weight is 295 g/mol. The first-order valence-corrected chi connectivity index (χ1v) is 6.51. The molecule has 0 fully saturated rings. The van der Waals surface area contributed by atoms with Crippen molar-refractivity contribution in [3.8, 4) is 5.75 Å². The van der Waals surface area contributed by atoms with E-state index in [1.54, 1.807) is 18.2 Å². The monoisotopic (exact) mass is 295 g/mol. The fraction of sp³-hybridized carbons (Fsp3) is 0.250. The number of rotatable bonds is 4. The molecule has 21 heavy (non-hydrogen) atoms. The highest BCUT2D eigenvalue weighted by atomic mass is 19.4. The lowest BCUT2D eigenvalue weighted by Gasteiger charge is -2.10. The van der Waals surface area contributed by atoms with E-state index < -0.39 is 11.7 Å². The van der Waals surface area contributed by atoms with Crippen LogP contribution in [0.15, 0.2) is 42.5 Å². The maximum Gasteiger partial charge on any atom is 0.416 e. The Kier molecular flexibility index (Phi) is 4.53. The predicted molar refractivity (Wildman–Crippen MR) is 74.8 cm³/mol. The van der Waals surface area contributed by atoms with Gasteiger partial charge in [0.2, 0.25) is 0 Å². The summed E-state index contributed by atoms with van der Waals surface area (Å²) in [4.78, 5) is 0. The third-order valence-corrected chi connectivity index (χ3v) is 3.13. The lowest BCUT2D eigenvalue weighted by atomic mass is 10.1. The Bertz CT molecular complexity index is 623. The quantitative estimate of drug-likeness (QED) is 0.893. The fourth-order valence-electron chi connectivity index (χ4n) is 2.06. The minimum atomic E-state index is -4.33. The number of alkyl halides is 3. The molecule has 2 nitrogen and oxygen atoms in total. The number of hydrogen-bond donors (Lipinski definition) is 2. The zero-order chi connectivity index (χ0) is 15.5. The first-order valence-electron chi connectivity index (χ1n) is 6.51. The summed E-state index contributed by atoms with van der Waals surface area (Å²) >= 11 is 0. The molecule has 0 atom stereocenters. The van der Waals surface area contributed by atoms with Gasteiger partial charge in [-0.25, -0.2) is 0 Å². The summed E-state index contributed by atoms with van der Waals surface area (Å²) in [5, 5.41) is 12.7. The zero-order valence-electron chi connectivity index (χ0n) is 11.5. The highest BCUT2D eigenvalue weighted by Crippen LogP contribution is 2.29. The molecule has 2 aromatic carbocycles. The van der Waals surface area contributed by atoms with Crippen LogP contribution in [-0.2, 0) is 19.3 Å². The Balaban J connectivity index is 1.99. The van der Waals surface area contributed by atoms with Crippen LogP contribution in [0.25, 0.3) is 0 Å². The van der Waals surface area contributed by atoms with Crippen molar-refractivity contribution in [2.45, 2.75) is 26.2 Å². The van der Waals surface area contributed by atoms with Crippen LogP contribution in [0.1, 0.15) is 22.3 Å². The minimum absolute atomic E-state index is 0.178. The van der Waals surface area contributed by atoms with Crippen molar-refractivity contribution >= 4 is 0 Å². The Hall–Kier alpha value is -2.01. The van der Waals surface area contributed by atoms with Crippen LogP contribution in [-0.4, -0.2) is 5.11 Å². The third-order valence-electron chi connectivity index (χ3n) is 3.13. The van der Waals surface area contributed by atoms with Crippen molar-refractivity contribution < 1.29 is 18.3 Å². The average Bonchev–Trinajstić information content (AvgIpc) is 2.42. The molecular formula is C16H16F3NO.